The Morgan fingerprint density at radius 3 is 2.40 bits per heavy atom. The summed E-state index contributed by atoms with van der Waals surface area (Å²) in [6, 6.07) is 27.0. The minimum Gasteiger partial charge on any atom is -0.465 e. The van der Waals surface area contributed by atoms with Crippen LogP contribution >= 0.6 is 11.3 Å². The van der Waals surface area contributed by atoms with Gasteiger partial charge in [-0.05, 0) is 54.3 Å². The van der Waals surface area contributed by atoms with Crippen molar-refractivity contribution in [3.8, 4) is 11.3 Å². The van der Waals surface area contributed by atoms with Crippen molar-refractivity contribution >= 4 is 35.0 Å². The van der Waals surface area contributed by atoms with E-state index in [1.807, 2.05) is 60.7 Å². The lowest BCUT2D eigenvalue weighted by Gasteiger charge is -2.25. The van der Waals surface area contributed by atoms with Crippen molar-refractivity contribution in [2.45, 2.75) is 32.7 Å². The fraction of sp³-hybridized carbons (Fsp3) is 0.167. The third-order valence-electron chi connectivity index (χ3n) is 7.71. The van der Waals surface area contributed by atoms with Crippen LogP contribution in [-0.2, 0) is 9.53 Å². The number of amides is 1. The Balaban J connectivity index is 1.45. The molecule has 1 aliphatic rings. The molecule has 1 aliphatic heterocycles. The molecule has 8 nitrogen and oxygen atoms in total. The van der Waals surface area contributed by atoms with E-state index < -0.39 is 12.0 Å². The number of allylic oxidation sites excluding steroid dienone is 1. The van der Waals surface area contributed by atoms with E-state index in [0.29, 0.717) is 54.9 Å². The Labute approximate surface area is 263 Å². The molecule has 2 aromatic heterocycles. The average Bonchev–Trinajstić information content (AvgIpc) is 3.64. The standard InChI is InChI=1S/C36H31N3O5S/c1-21(2)23-14-16-24(17-15-23)32-31(33(40)38-25-10-6-5-7-11-25)22(3)37-36-39(32)34(41)30(45-36)20-26-18-19-29(44-26)27-12-8-9-13-28(27)35(42)43-4/h5-21,32H,1-4H3,(H,38,40)/b30-20+/t32-/m1/s1. The maximum absolute atomic E-state index is 14.1. The zero-order valence-corrected chi connectivity index (χ0v) is 26.1. The molecule has 0 aliphatic carbocycles. The molecule has 0 saturated heterocycles. The number of rotatable bonds is 7. The number of esters is 1. The molecule has 0 spiro atoms. The molecule has 0 bridgehead atoms. The molecule has 226 valence electrons. The van der Waals surface area contributed by atoms with Gasteiger partial charge in [-0.2, -0.15) is 0 Å². The molecule has 1 amide bonds. The summed E-state index contributed by atoms with van der Waals surface area (Å²) in [7, 11) is 1.33. The number of methoxy groups -OCH3 is 1. The summed E-state index contributed by atoms with van der Waals surface area (Å²) in [4.78, 5) is 45.4. The number of furan rings is 1. The van der Waals surface area contributed by atoms with E-state index in [2.05, 4.69) is 19.2 Å². The number of para-hydroxylation sites is 1. The minimum atomic E-state index is -0.688. The number of thiazole rings is 1. The number of hydrogen-bond acceptors (Lipinski definition) is 7. The predicted molar refractivity (Wildman–Crippen MR) is 175 cm³/mol. The molecule has 0 radical (unpaired) electrons. The Kier molecular flexibility index (Phi) is 8.19. The average molecular weight is 618 g/mol. The van der Waals surface area contributed by atoms with E-state index in [9.17, 15) is 14.4 Å². The maximum Gasteiger partial charge on any atom is 0.338 e. The summed E-state index contributed by atoms with van der Waals surface area (Å²) < 4.78 is 13.0. The van der Waals surface area contributed by atoms with Crippen LogP contribution < -0.4 is 20.2 Å². The van der Waals surface area contributed by atoms with Crippen molar-refractivity contribution in [2.24, 2.45) is 4.99 Å². The minimum absolute atomic E-state index is 0.290. The topological polar surface area (TPSA) is 103 Å². The smallest absolute Gasteiger partial charge is 0.338 e. The van der Waals surface area contributed by atoms with E-state index in [0.717, 1.165) is 11.1 Å². The molecule has 0 unspecified atom stereocenters. The quantitative estimate of drug-likeness (QED) is 0.224. The SMILES string of the molecule is COC(=O)c1ccccc1-c1ccc(/C=c2/sc3n(c2=O)[C@H](c2ccc(C(C)C)cc2)C(C(=O)Nc2ccccc2)=C(C)N=3)o1. The van der Waals surface area contributed by atoms with Crippen molar-refractivity contribution in [2.75, 3.05) is 12.4 Å². The van der Waals surface area contributed by atoms with Crippen molar-refractivity contribution in [3.63, 3.8) is 0 Å². The first-order chi connectivity index (χ1) is 21.7. The lowest BCUT2D eigenvalue weighted by atomic mass is 9.93. The number of carbonyl (C=O) groups is 2. The van der Waals surface area contributed by atoms with E-state index in [1.165, 1.54) is 18.4 Å². The second-order valence-corrected chi connectivity index (χ2v) is 12.0. The molecule has 0 saturated carbocycles. The van der Waals surface area contributed by atoms with Crippen molar-refractivity contribution in [1.82, 2.24) is 4.57 Å². The zero-order valence-electron chi connectivity index (χ0n) is 25.2. The molecule has 3 heterocycles. The van der Waals surface area contributed by atoms with Gasteiger partial charge in [-0.3, -0.25) is 14.2 Å². The van der Waals surface area contributed by atoms with Crippen molar-refractivity contribution < 1.29 is 18.7 Å². The highest BCUT2D eigenvalue weighted by Gasteiger charge is 2.32. The van der Waals surface area contributed by atoms with E-state index in [-0.39, 0.29) is 11.5 Å². The maximum atomic E-state index is 14.1. The summed E-state index contributed by atoms with van der Waals surface area (Å²) >= 11 is 1.23. The molecular weight excluding hydrogens is 586 g/mol. The predicted octanol–water partition coefficient (Wildman–Crippen LogP) is 6.04. The molecule has 6 rings (SSSR count). The fourth-order valence-corrected chi connectivity index (χ4v) is 6.43. The molecule has 5 aromatic rings. The Hall–Kier alpha value is -5.28. The Morgan fingerprint density at radius 2 is 1.69 bits per heavy atom. The van der Waals surface area contributed by atoms with Gasteiger partial charge >= 0.3 is 5.97 Å². The normalized spacial score (nSPS) is 14.7. The van der Waals surface area contributed by atoms with Gasteiger partial charge in [0.2, 0.25) is 0 Å². The van der Waals surface area contributed by atoms with E-state index in [4.69, 9.17) is 14.1 Å². The largest absolute Gasteiger partial charge is 0.465 e. The van der Waals surface area contributed by atoms with E-state index in [1.54, 1.807) is 47.9 Å². The lowest BCUT2D eigenvalue weighted by molar-refractivity contribution is -0.113. The van der Waals surface area contributed by atoms with Crippen LogP contribution in [0.25, 0.3) is 17.4 Å². The van der Waals surface area contributed by atoms with Crippen LogP contribution in [0.3, 0.4) is 0 Å². The van der Waals surface area contributed by atoms with Crippen molar-refractivity contribution in [1.29, 1.82) is 0 Å². The number of ether oxygens (including phenoxy) is 1. The van der Waals surface area contributed by atoms with Crippen LogP contribution in [0, 0.1) is 0 Å². The highest BCUT2D eigenvalue weighted by atomic mass is 32.1. The van der Waals surface area contributed by atoms with Crippen LogP contribution in [0.1, 0.15) is 60.0 Å². The number of nitrogens with one attached hydrogen (secondary N) is 1. The molecule has 3 aromatic carbocycles. The van der Waals surface area contributed by atoms with Gasteiger partial charge in [-0.25, -0.2) is 9.79 Å². The molecule has 1 atom stereocenters. The highest BCUT2D eigenvalue weighted by molar-refractivity contribution is 7.07. The number of nitrogens with zero attached hydrogens (tertiary/aromatic N) is 2. The first-order valence-corrected chi connectivity index (χ1v) is 15.3. The van der Waals surface area contributed by atoms with Gasteiger partial charge in [0.05, 0.1) is 34.5 Å². The molecule has 0 fully saturated rings. The lowest BCUT2D eigenvalue weighted by Crippen LogP contribution is -2.40. The van der Waals surface area contributed by atoms with Crippen LogP contribution in [0.4, 0.5) is 5.69 Å². The second kappa shape index (κ2) is 12.4. The number of anilines is 1. The number of hydrogen-bond donors (Lipinski definition) is 1. The molecule has 9 heteroatoms. The van der Waals surface area contributed by atoms with Gasteiger partial charge in [0, 0.05) is 17.3 Å². The van der Waals surface area contributed by atoms with Crippen LogP contribution in [0.15, 0.2) is 116 Å². The van der Waals surface area contributed by atoms with E-state index >= 15 is 0 Å². The van der Waals surface area contributed by atoms with Gasteiger partial charge in [0.25, 0.3) is 11.5 Å². The van der Waals surface area contributed by atoms with Crippen molar-refractivity contribution in [3.05, 3.63) is 144 Å². The van der Waals surface area contributed by atoms with Gasteiger partial charge in [0.15, 0.2) is 4.80 Å². The summed E-state index contributed by atoms with van der Waals surface area (Å²) in [6.07, 6.45) is 1.66. The fourth-order valence-electron chi connectivity index (χ4n) is 5.40. The van der Waals surface area contributed by atoms with Gasteiger partial charge in [0.1, 0.15) is 11.5 Å². The van der Waals surface area contributed by atoms with Crippen LogP contribution in [-0.4, -0.2) is 23.6 Å². The number of carbonyl (C=O) groups excluding carboxylic acids is 2. The summed E-state index contributed by atoms with van der Waals surface area (Å²) in [5.74, 6) is 0.437. The number of aromatic nitrogens is 1. The van der Waals surface area contributed by atoms with Gasteiger partial charge in [-0.1, -0.05) is 85.8 Å². The summed E-state index contributed by atoms with van der Waals surface area (Å²) in [5, 5.41) is 2.98. The highest BCUT2D eigenvalue weighted by Crippen LogP contribution is 2.32. The summed E-state index contributed by atoms with van der Waals surface area (Å²) in [6.45, 7) is 6.04. The first-order valence-electron chi connectivity index (χ1n) is 14.5. The number of fused-ring (bicyclic) bond motifs is 1. The first kappa shape index (κ1) is 29.8. The zero-order chi connectivity index (χ0) is 31.7. The molecule has 45 heavy (non-hydrogen) atoms. The Morgan fingerprint density at radius 1 is 0.978 bits per heavy atom. The van der Waals surface area contributed by atoms with Crippen LogP contribution in [0.2, 0.25) is 0 Å². The molecule has 1 N–H and O–H groups in total. The van der Waals surface area contributed by atoms with Gasteiger partial charge < -0.3 is 14.5 Å². The third-order valence-corrected chi connectivity index (χ3v) is 8.70. The molecular formula is C36H31N3O5S. The van der Waals surface area contributed by atoms with Gasteiger partial charge in [-0.15, -0.1) is 0 Å². The van der Waals surface area contributed by atoms with Crippen LogP contribution in [0.5, 0.6) is 0 Å². The Bertz CT molecular complexity index is 2120. The third kappa shape index (κ3) is 5.82. The monoisotopic (exact) mass is 617 g/mol. The number of benzene rings is 3. The second-order valence-electron chi connectivity index (χ2n) is 11.0. The summed E-state index contributed by atoms with van der Waals surface area (Å²) in [5.41, 5.74) is 4.21.